The van der Waals surface area contributed by atoms with Crippen molar-refractivity contribution in [2.24, 2.45) is 0 Å². The number of para-hydroxylation sites is 1. The molecule has 7 heteroatoms. The van der Waals surface area contributed by atoms with Gasteiger partial charge in [0.2, 0.25) is 5.88 Å². The molecule has 0 spiro atoms. The van der Waals surface area contributed by atoms with Gasteiger partial charge in [0.25, 0.3) is 6.04 Å². The molecule has 0 N–H and O–H groups in total. The molecule has 4 aromatic rings. The fraction of sp³-hybridized carbons (Fsp3) is 0.148. The van der Waals surface area contributed by atoms with Crippen LogP contribution in [-0.4, -0.2) is 27.9 Å². The quantitative estimate of drug-likeness (QED) is 0.299. The lowest BCUT2D eigenvalue weighted by Gasteiger charge is -2.29. The molecule has 0 bridgehead atoms. The highest BCUT2D eigenvalue weighted by molar-refractivity contribution is 5.58. The van der Waals surface area contributed by atoms with Gasteiger partial charge in [-0.1, -0.05) is 60.7 Å². The van der Waals surface area contributed by atoms with Crippen molar-refractivity contribution in [2.75, 3.05) is 7.11 Å². The fourth-order valence-corrected chi connectivity index (χ4v) is 4.43. The first-order valence-corrected chi connectivity index (χ1v) is 10.9. The molecule has 0 radical (unpaired) electrons. The van der Waals surface area contributed by atoms with Crippen LogP contribution in [0.4, 0.5) is 0 Å². The van der Waals surface area contributed by atoms with Crippen LogP contribution in [0.3, 0.4) is 0 Å². The van der Waals surface area contributed by atoms with E-state index < -0.39 is 12.0 Å². The van der Waals surface area contributed by atoms with Gasteiger partial charge in [0.15, 0.2) is 5.76 Å². The average molecular weight is 453 g/mol. The maximum Gasteiger partial charge on any atom is 0.280 e. The first-order chi connectivity index (χ1) is 16.6. The number of hydrogen-bond donors (Lipinski definition) is 0. The molecule has 0 saturated heterocycles. The predicted molar refractivity (Wildman–Crippen MR) is 129 cm³/mol. The molecule has 2 atom stereocenters. The molecule has 1 aliphatic heterocycles. The summed E-state index contributed by atoms with van der Waals surface area (Å²) in [7, 11) is 1.59. The first kappa shape index (κ1) is 21.5. The minimum Gasteiger partial charge on any atom is -0.497 e. The fourth-order valence-electron chi connectivity index (χ4n) is 4.43. The number of aromatic nitrogens is 2. The van der Waals surface area contributed by atoms with Crippen LogP contribution in [0.2, 0.25) is 0 Å². The van der Waals surface area contributed by atoms with Crippen molar-refractivity contribution >= 4 is 6.08 Å². The van der Waals surface area contributed by atoms with Gasteiger partial charge in [0.05, 0.1) is 30.0 Å². The first-order valence-electron chi connectivity index (χ1n) is 10.9. The van der Waals surface area contributed by atoms with E-state index >= 15 is 0 Å². The number of methoxy groups -OCH3 is 1. The Morgan fingerprint density at radius 2 is 1.65 bits per heavy atom. The maximum atomic E-state index is 12.5. The van der Waals surface area contributed by atoms with Gasteiger partial charge < -0.3 is 9.47 Å². The summed E-state index contributed by atoms with van der Waals surface area (Å²) in [6, 6.07) is 25.4. The average Bonchev–Trinajstić information content (AvgIpc) is 3.20. The normalized spacial score (nSPS) is 18.2. The highest BCUT2D eigenvalue weighted by Crippen LogP contribution is 2.46. The van der Waals surface area contributed by atoms with E-state index in [-0.39, 0.29) is 10.7 Å². The van der Waals surface area contributed by atoms with Crippen molar-refractivity contribution in [1.29, 1.82) is 0 Å². The highest BCUT2D eigenvalue weighted by Gasteiger charge is 2.47. The highest BCUT2D eigenvalue weighted by atomic mass is 16.6. The molecule has 5 rings (SSSR count). The summed E-state index contributed by atoms with van der Waals surface area (Å²) >= 11 is 0. The molecule has 0 fully saturated rings. The lowest BCUT2D eigenvalue weighted by Crippen LogP contribution is -2.36. The summed E-state index contributed by atoms with van der Waals surface area (Å²) < 4.78 is 13.3. The summed E-state index contributed by atoms with van der Waals surface area (Å²) in [6.07, 6.45) is 1.74. The van der Waals surface area contributed by atoms with E-state index in [1.807, 2.05) is 91.9 Å². The third-order valence-corrected chi connectivity index (χ3v) is 6.01. The molecule has 1 aromatic heterocycles. The van der Waals surface area contributed by atoms with Crippen molar-refractivity contribution in [3.05, 3.63) is 123 Å². The molecule has 170 valence electrons. The monoisotopic (exact) mass is 453 g/mol. The summed E-state index contributed by atoms with van der Waals surface area (Å²) in [5.41, 5.74) is 3.83. The van der Waals surface area contributed by atoms with Crippen LogP contribution in [0.25, 0.3) is 11.8 Å². The molecule has 2 heterocycles. The number of fused-ring (bicyclic) bond motifs is 1. The van der Waals surface area contributed by atoms with Gasteiger partial charge in [-0.3, -0.25) is 10.1 Å². The van der Waals surface area contributed by atoms with Crippen molar-refractivity contribution < 1.29 is 14.4 Å². The number of rotatable bonds is 5. The van der Waals surface area contributed by atoms with Gasteiger partial charge in [-0.15, -0.1) is 0 Å². The minimum absolute atomic E-state index is 0.265. The number of aryl methyl sites for hydroxylation is 1. The minimum atomic E-state index is -1.12. The number of nitro groups is 1. The Bertz CT molecular complexity index is 1350. The molecule has 7 nitrogen and oxygen atoms in total. The molecule has 0 amide bonds. The molecule has 1 aliphatic rings. The van der Waals surface area contributed by atoms with Crippen molar-refractivity contribution in [2.45, 2.75) is 18.9 Å². The second-order valence-corrected chi connectivity index (χ2v) is 8.09. The Hall–Kier alpha value is -4.39. The van der Waals surface area contributed by atoms with Gasteiger partial charge in [-0.25, -0.2) is 4.68 Å². The maximum absolute atomic E-state index is 12.5. The molecule has 0 unspecified atom stereocenters. The Kier molecular flexibility index (Phi) is 5.59. The standard InChI is InChI=1S/C27H23N3O4/c1-18-24-25(20-13-15-22(33-2)16-14-20)26(30(31)32)23(17-19-9-5-3-6-10-19)34-27(24)29(28-18)21-11-7-4-8-12-21/h3-17,25-26H,1-2H3/b23-17-/t25-,26-/m1/s1. The van der Waals surface area contributed by atoms with Crippen LogP contribution < -0.4 is 9.47 Å². The summed E-state index contributed by atoms with van der Waals surface area (Å²) in [5, 5.41) is 17.2. The Morgan fingerprint density at radius 1 is 1.00 bits per heavy atom. The van der Waals surface area contributed by atoms with E-state index in [1.54, 1.807) is 17.9 Å². The van der Waals surface area contributed by atoms with Crippen LogP contribution in [0, 0.1) is 17.0 Å². The zero-order valence-corrected chi connectivity index (χ0v) is 18.8. The van der Waals surface area contributed by atoms with Crippen molar-refractivity contribution in [1.82, 2.24) is 9.78 Å². The van der Waals surface area contributed by atoms with Crippen LogP contribution >= 0.6 is 0 Å². The SMILES string of the molecule is COc1ccc([C@@H]2c3c(C)nn(-c4ccccc4)c3O/C(=C\c3ccccc3)[C@H]2[N+](=O)[O-])cc1. The van der Waals surface area contributed by atoms with E-state index in [1.165, 1.54) is 0 Å². The van der Waals surface area contributed by atoms with Gasteiger partial charge in [0, 0.05) is 4.92 Å². The van der Waals surface area contributed by atoms with Gasteiger partial charge in [-0.05, 0) is 48.4 Å². The van der Waals surface area contributed by atoms with Gasteiger partial charge in [0.1, 0.15) is 5.75 Å². The topological polar surface area (TPSA) is 79.4 Å². The molecule has 3 aromatic carbocycles. The van der Waals surface area contributed by atoms with Crippen LogP contribution in [0.1, 0.15) is 28.3 Å². The number of hydrogen-bond acceptors (Lipinski definition) is 5. The van der Waals surface area contributed by atoms with E-state index in [2.05, 4.69) is 0 Å². The summed E-state index contributed by atoms with van der Waals surface area (Å²) in [4.78, 5) is 12.2. The summed E-state index contributed by atoms with van der Waals surface area (Å²) in [5.74, 6) is 0.855. The molecule has 34 heavy (non-hydrogen) atoms. The van der Waals surface area contributed by atoms with Gasteiger partial charge >= 0.3 is 0 Å². The summed E-state index contributed by atoms with van der Waals surface area (Å²) in [6.45, 7) is 1.86. The Labute approximate surface area is 197 Å². The Balaban J connectivity index is 1.75. The zero-order chi connectivity index (χ0) is 23.7. The van der Waals surface area contributed by atoms with Gasteiger partial charge in [-0.2, -0.15) is 5.10 Å². The number of benzene rings is 3. The van der Waals surface area contributed by atoms with Crippen LogP contribution in [0.5, 0.6) is 11.6 Å². The lowest BCUT2D eigenvalue weighted by molar-refractivity contribution is -0.519. The van der Waals surface area contributed by atoms with E-state index in [0.29, 0.717) is 22.9 Å². The van der Waals surface area contributed by atoms with Crippen molar-refractivity contribution in [3.8, 4) is 17.3 Å². The largest absolute Gasteiger partial charge is 0.497 e. The van der Waals surface area contributed by atoms with E-state index in [0.717, 1.165) is 16.8 Å². The lowest BCUT2D eigenvalue weighted by atomic mass is 9.82. The third kappa shape index (κ3) is 3.81. The molecule has 0 aliphatic carbocycles. The third-order valence-electron chi connectivity index (χ3n) is 6.01. The predicted octanol–water partition coefficient (Wildman–Crippen LogP) is 5.40. The van der Waals surface area contributed by atoms with Crippen LogP contribution in [-0.2, 0) is 0 Å². The number of ether oxygens (including phenoxy) is 2. The smallest absolute Gasteiger partial charge is 0.280 e. The second kappa shape index (κ2) is 8.86. The molecular formula is C27H23N3O4. The van der Waals surface area contributed by atoms with E-state index in [9.17, 15) is 10.1 Å². The van der Waals surface area contributed by atoms with Crippen LogP contribution in [0.15, 0.2) is 90.7 Å². The Morgan fingerprint density at radius 3 is 2.26 bits per heavy atom. The van der Waals surface area contributed by atoms with Crippen molar-refractivity contribution in [3.63, 3.8) is 0 Å². The number of nitrogens with zero attached hydrogens (tertiary/aromatic N) is 3. The molecular weight excluding hydrogens is 430 g/mol. The van der Waals surface area contributed by atoms with E-state index in [4.69, 9.17) is 14.6 Å². The molecule has 0 saturated carbocycles. The zero-order valence-electron chi connectivity index (χ0n) is 18.8. The second-order valence-electron chi connectivity index (χ2n) is 8.09.